The molecule has 0 atom stereocenters. The minimum atomic E-state index is 0.0289. The van der Waals surface area contributed by atoms with Gasteiger partial charge < -0.3 is 9.13 Å². The van der Waals surface area contributed by atoms with Gasteiger partial charge in [0.1, 0.15) is 0 Å². The van der Waals surface area contributed by atoms with Crippen molar-refractivity contribution in [2.45, 2.75) is 6.54 Å². The monoisotopic (exact) mass is 188 g/mol. The van der Waals surface area contributed by atoms with Gasteiger partial charge in [-0.05, 0) is 17.7 Å². The molecule has 0 saturated carbocycles. The van der Waals surface area contributed by atoms with E-state index in [-0.39, 0.29) is 5.56 Å². The molecular weight excluding hydrogens is 176 g/mol. The van der Waals surface area contributed by atoms with Crippen LogP contribution in [0, 0.1) is 0 Å². The van der Waals surface area contributed by atoms with Crippen molar-refractivity contribution in [3.05, 3.63) is 58.8 Å². The first-order chi connectivity index (χ1) is 6.75. The van der Waals surface area contributed by atoms with Crippen molar-refractivity contribution in [3.8, 4) is 0 Å². The average molecular weight is 188 g/mol. The van der Waals surface area contributed by atoms with Gasteiger partial charge in [-0.2, -0.15) is 0 Å². The van der Waals surface area contributed by atoms with Gasteiger partial charge in [-0.3, -0.25) is 4.79 Å². The zero-order valence-electron chi connectivity index (χ0n) is 8.05. The molecule has 2 aromatic heterocycles. The lowest BCUT2D eigenvalue weighted by atomic mass is 10.3. The summed E-state index contributed by atoms with van der Waals surface area (Å²) in [5.74, 6) is 0. The number of aromatic nitrogens is 2. The summed E-state index contributed by atoms with van der Waals surface area (Å²) in [4.78, 5) is 11.1. The third-order valence-corrected chi connectivity index (χ3v) is 2.18. The van der Waals surface area contributed by atoms with Gasteiger partial charge in [0.15, 0.2) is 0 Å². The molecule has 0 spiro atoms. The van der Waals surface area contributed by atoms with E-state index in [4.69, 9.17) is 0 Å². The van der Waals surface area contributed by atoms with Gasteiger partial charge in [0.2, 0.25) is 5.56 Å². The molecule has 0 N–H and O–H groups in total. The van der Waals surface area contributed by atoms with Crippen molar-refractivity contribution in [2.75, 3.05) is 0 Å². The summed E-state index contributed by atoms with van der Waals surface area (Å²) in [6, 6.07) is 7.44. The maximum Gasteiger partial charge on any atom is 0.250 e. The molecular formula is C11H12N2O. The number of rotatable bonds is 2. The minimum Gasteiger partial charge on any atom is -0.350 e. The zero-order valence-corrected chi connectivity index (χ0v) is 8.05. The molecule has 0 saturated heterocycles. The quantitative estimate of drug-likeness (QED) is 0.696. The Hall–Kier alpha value is -1.77. The topological polar surface area (TPSA) is 26.9 Å². The molecule has 2 aromatic rings. The van der Waals surface area contributed by atoms with Crippen LogP contribution in [0.3, 0.4) is 0 Å². The third kappa shape index (κ3) is 1.76. The first-order valence-corrected chi connectivity index (χ1v) is 4.52. The Labute approximate surface area is 82.2 Å². The molecule has 0 fully saturated rings. The molecule has 0 radical (unpaired) electrons. The molecule has 0 aliphatic heterocycles. The number of hydrogen-bond acceptors (Lipinski definition) is 1. The molecule has 2 rings (SSSR count). The lowest BCUT2D eigenvalue weighted by Crippen LogP contribution is -2.15. The molecule has 72 valence electrons. The van der Waals surface area contributed by atoms with Gasteiger partial charge in [0, 0.05) is 38.2 Å². The van der Waals surface area contributed by atoms with E-state index in [1.54, 1.807) is 17.7 Å². The van der Waals surface area contributed by atoms with Crippen molar-refractivity contribution in [1.29, 1.82) is 0 Å². The van der Waals surface area contributed by atoms with Crippen molar-refractivity contribution < 1.29 is 0 Å². The second-order valence-corrected chi connectivity index (χ2v) is 3.34. The Balaban J connectivity index is 2.26. The summed E-state index contributed by atoms with van der Waals surface area (Å²) < 4.78 is 3.67. The Bertz CT molecular complexity index is 468. The second kappa shape index (κ2) is 3.54. The van der Waals surface area contributed by atoms with Crippen LogP contribution in [0.25, 0.3) is 0 Å². The SMILES string of the molecule is Cn1cc(Cn2cccc2)ccc1=O. The molecule has 0 bridgehead atoms. The fraction of sp³-hybridized carbons (Fsp3) is 0.182. The lowest BCUT2D eigenvalue weighted by Gasteiger charge is -2.04. The Morgan fingerprint density at radius 3 is 2.57 bits per heavy atom. The van der Waals surface area contributed by atoms with Crippen LogP contribution in [-0.4, -0.2) is 9.13 Å². The van der Waals surface area contributed by atoms with E-state index in [0.717, 1.165) is 12.1 Å². The second-order valence-electron chi connectivity index (χ2n) is 3.34. The third-order valence-electron chi connectivity index (χ3n) is 2.18. The number of hydrogen-bond donors (Lipinski definition) is 0. The number of nitrogens with zero attached hydrogens (tertiary/aromatic N) is 2. The first kappa shape index (κ1) is 8.81. The summed E-state index contributed by atoms with van der Waals surface area (Å²) in [5.41, 5.74) is 1.16. The lowest BCUT2D eigenvalue weighted by molar-refractivity contribution is 0.772. The highest BCUT2D eigenvalue weighted by atomic mass is 16.1. The Kier molecular flexibility index (Phi) is 2.23. The summed E-state index contributed by atoms with van der Waals surface area (Å²) in [6.07, 6.45) is 5.87. The predicted molar refractivity (Wildman–Crippen MR) is 55.2 cm³/mol. The maximum absolute atomic E-state index is 11.1. The summed E-state index contributed by atoms with van der Waals surface area (Å²) in [7, 11) is 1.77. The molecule has 0 aliphatic rings. The number of aryl methyl sites for hydroxylation is 1. The summed E-state index contributed by atoms with van der Waals surface area (Å²) in [6.45, 7) is 0.807. The van der Waals surface area contributed by atoms with Gasteiger partial charge in [-0.15, -0.1) is 0 Å². The molecule has 0 amide bonds. The van der Waals surface area contributed by atoms with Crippen LogP contribution in [0.5, 0.6) is 0 Å². The standard InChI is InChI=1S/C11H12N2O/c1-12-8-10(4-5-11(12)14)9-13-6-2-3-7-13/h2-8H,9H2,1H3. The highest BCUT2D eigenvalue weighted by Crippen LogP contribution is 2.00. The van der Waals surface area contributed by atoms with Crippen molar-refractivity contribution in [3.63, 3.8) is 0 Å². The summed E-state index contributed by atoms with van der Waals surface area (Å²) in [5, 5.41) is 0. The number of pyridine rings is 1. The first-order valence-electron chi connectivity index (χ1n) is 4.52. The van der Waals surface area contributed by atoms with E-state index < -0.39 is 0 Å². The highest BCUT2D eigenvalue weighted by molar-refractivity contribution is 5.11. The van der Waals surface area contributed by atoms with Crippen LogP contribution in [0.4, 0.5) is 0 Å². The average Bonchev–Trinajstić information content (AvgIpc) is 2.64. The molecule has 0 aromatic carbocycles. The van der Waals surface area contributed by atoms with Crippen LogP contribution in [0.15, 0.2) is 47.7 Å². The molecule has 2 heterocycles. The maximum atomic E-state index is 11.1. The molecule has 3 heteroatoms. The van der Waals surface area contributed by atoms with Gasteiger partial charge in [0.25, 0.3) is 0 Å². The van der Waals surface area contributed by atoms with E-state index >= 15 is 0 Å². The van der Waals surface area contributed by atoms with Gasteiger partial charge in [-0.25, -0.2) is 0 Å². The molecule has 0 unspecified atom stereocenters. The Morgan fingerprint density at radius 1 is 1.21 bits per heavy atom. The van der Waals surface area contributed by atoms with Gasteiger partial charge in [0.05, 0.1) is 0 Å². The molecule has 14 heavy (non-hydrogen) atoms. The van der Waals surface area contributed by atoms with Crippen LogP contribution in [-0.2, 0) is 13.6 Å². The van der Waals surface area contributed by atoms with E-state index in [1.807, 2.05) is 36.8 Å². The molecule has 0 aliphatic carbocycles. The Morgan fingerprint density at radius 2 is 1.93 bits per heavy atom. The zero-order chi connectivity index (χ0) is 9.97. The van der Waals surface area contributed by atoms with Crippen molar-refractivity contribution in [1.82, 2.24) is 9.13 Å². The van der Waals surface area contributed by atoms with Crippen LogP contribution in [0.2, 0.25) is 0 Å². The van der Waals surface area contributed by atoms with Crippen LogP contribution < -0.4 is 5.56 Å². The van der Waals surface area contributed by atoms with E-state index in [0.29, 0.717) is 0 Å². The van der Waals surface area contributed by atoms with Crippen LogP contribution in [0.1, 0.15) is 5.56 Å². The van der Waals surface area contributed by atoms with Gasteiger partial charge in [-0.1, -0.05) is 6.07 Å². The minimum absolute atomic E-state index is 0.0289. The summed E-state index contributed by atoms with van der Waals surface area (Å²) >= 11 is 0. The van der Waals surface area contributed by atoms with Crippen molar-refractivity contribution in [2.24, 2.45) is 7.05 Å². The van der Waals surface area contributed by atoms with E-state index in [2.05, 4.69) is 4.57 Å². The molecule has 3 nitrogen and oxygen atoms in total. The highest BCUT2D eigenvalue weighted by Gasteiger charge is 1.95. The fourth-order valence-corrected chi connectivity index (χ4v) is 1.43. The smallest absolute Gasteiger partial charge is 0.250 e. The fourth-order valence-electron chi connectivity index (χ4n) is 1.43. The van der Waals surface area contributed by atoms with E-state index in [9.17, 15) is 4.79 Å². The predicted octanol–water partition coefficient (Wildman–Crippen LogP) is 1.24. The van der Waals surface area contributed by atoms with Gasteiger partial charge >= 0.3 is 0 Å². The normalized spacial score (nSPS) is 10.4. The van der Waals surface area contributed by atoms with Crippen LogP contribution >= 0.6 is 0 Å². The largest absolute Gasteiger partial charge is 0.350 e. The van der Waals surface area contributed by atoms with E-state index in [1.165, 1.54) is 0 Å². The van der Waals surface area contributed by atoms with Crippen molar-refractivity contribution >= 4 is 0 Å².